The number of amides is 1. The van der Waals surface area contributed by atoms with Crippen LogP contribution in [0.4, 0.5) is 11.4 Å². The van der Waals surface area contributed by atoms with Crippen molar-refractivity contribution in [2.45, 2.75) is 5.92 Å². The van der Waals surface area contributed by atoms with Crippen molar-refractivity contribution in [1.29, 1.82) is 0 Å². The molecule has 3 N–H and O–H groups in total. The van der Waals surface area contributed by atoms with E-state index in [0.717, 1.165) is 33.4 Å². The summed E-state index contributed by atoms with van der Waals surface area (Å²) < 4.78 is 11.3. The first-order valence-corrected chi connectivity index (χ1v) is 12.0. The van der Waals surface area contributed by atoms with Gasteiger partial charge in [-0.1, -0.05) is 30.3 Å². The highest BCUT2D eigenvalue weighted by atomic mass is 16.5. The average molecular weight is 493 g/mol. The van der Waals surface area contributed by atoms with Crippen LogP contribution in [0.15, 0.2) is 97.5 Å². The van der Waals surface area contributed by atoms with E-state index in [1.807, 2.05) is 66.9 Å². The molecule has 0 saturated carbocycles. The monoisotopic (exact) mass is 492 g/mol. The Morgan fingerprint density at radius 3 is 2.49 bits per heavy atom. The molecule has 3 aromatic carbocycles. The highest BCUT2D eigenvalue weighted by Crippen LogP contribution is 2.40. The number of aromatic nitrogens is 2. The minimum atomic E-state index is -0.170. The summed E-state index contributed by atoms with van der Waals surface area (Å²) in [6, 6.07) is 25.1. The molecule has 0 aliphatic rings. The summed E-state index contributed by atoms with van der Waals surface area (Å²) in [7, 11) is 3.25. The molecular weight excluding hydrogens is 464 g/mol. The van der Waals surface area contributed by atoms with Crippen molar-refractivity contribution in [3.63, 3.8) is 0 Å². The number of benzene rings is 3. The second-order valence-corrected chi connectivity index (χ2v) is 8.58. The van der Waals surface area contributed by atoms with Gasteiger partial charge >= 0.3 is 0 Å². The highest BCUT2D eigenvalue weighted by molar-refractivity contribution is 5.94. The maximum absolute atomic E-state index is 13.2. The molecule has 186 valence electrons. The molecule has 0 saturated heterocycles. The lowest BCUT2D eigenvalue weighted by atomic mass is 9.89. The van der Waals surface area contributed by atoms with Crippen molar-refractivity contribution in [2.24, 2.45) is 0 Å². The summed E-state index contributed by atoms with van der Waals surface area (Å²) in [4.78, 5) is 20.6. The van der Waals surface area contributed by atoms with Crippen molar-refractivity contribution in [3.8, 4) is 11.5 Å². The third-order valence-corrected chi connectivity index (χ3v) is 6.37. The van der Waals surface area contributed by atoms with Crippen LogP contribution in [0.3, 0.4) is 0 Å². The molecule has 0 aliphatic heterocycles. The molecule has 0 bridgehead atoms. The van der Waals surface area contributed by atoms with Crippen molar-refractivity contribution < 1.29 is 14.3 Å². The van der Waals surface area contributed by atoms with Gasteiger partial charge in [0.25, 0.3) is 5.91 Å². The zero-order chi connectivity index (χ0) is 25.6. The number of ether oxygens (including phenoxy) is 2. The van der Waals surface area contributed by atoms with Gasteiger partial charge in [0.1, 0.15) is 0 Å². The Labute approximate surface area is 215 Å². The summed E-state index contributed by atoms with van der Waals surface area (Å²) in [6.45, 7) is 0.375. The quantitative estimate of drug-likeness (QED) is 0.239. The van der Waals surface area contributed by atoms with Gasteiger partial charge in [0, 0.05) is 52.6 Å². The molecule has 1 unspecified atom stereocenters. The Morgan fingerprint density at radius 2 is 1.73 bits per heavy atom. The van der Waals surface area contributed by atoms with Gasteiger partial charge in [-0.25, -0.2) is 0 Å². The Hall–Kier alpha value is -4.78. The fraction of sp³-hybridized carbons (Fsp3) is 0.133. The zero-order valence-corrected chi connectivity index (χ0v) is 20.7. The first kappa shape index (κ1) is 23.9. The number of nitrogens with zero attached hydrogens (tertiary/aromatic N) is 1. The lowest BCUT2D eigenvalue weighted by molar-refractivity contribution is 0.0952. The maximum atomic E-state index is 13.2. The van der Waals surface area contributed by atoms with E-state index < -0.39 is 0 Å². The largest absolute Gasteiger partial charge is 0.493 e. The second kappa shape index (κ2) is 10.9. The molecule has 5 rings (SSSR count). The number of nitrogens with one attached hydrogen (secondary N) is 3. The van der Waals surface area contributed by atoms with E-state index in [1.54, 1.807) is 38.7 Å². The number of aromatic amines is 1. The van der Waals surface area contributed by atoms with E-state index in [-0.39, 0.29) is 11.8 Å². The van der Waals surface area contributed by atoms with Crippen LogP contribution in [0.5, 0.6) is 11.5 Å². The minimum Gasteiger partial charge on any atom is -0.493 e. The number of hydrogen-bond donors (Lipinski definition) is 3. The zero-order valence-electron chi connectivity index (χ0n) is 20.7. The number of carbonyl (C=O) groups is 1. The summed E-state index contributed by atoms with van der Waals surface area (Å²) in [5.41, 5.74) is 5.37. The van der Waals surface area contributed by atoms with Crippen molar-refractivity contribution in [1.82, 2.24) is 15.3 Å². The average Bonchev–Trinajstić information content (AvgIpc) is 3.38. The van der Waals surface area contributed by atoms with Gasteiger partial charge < -0.3 is 25.1 Å². The number of rotatable bonds is 9. The Morgan fingerprint density at radius 1 is 0.892 bits per heavy atom. The van der Waals surface area contributed by atoms with Crippen LogP contribution in [-0.4, -0.2) is 36.6 Å². The van der Waals surface area contributed by atoms with E-state index in [4.69, 9.17) is 9.47 Å². The van der Waals surface area contributed by atoms with Crippen molar-refractivity contribution >= 4 is 28.2 Å². The number of anilines is 2. The second-order valence-electron chi connectivity index (χ2n) is 8.58. The summed E-state index contributed by atoms with van der Waals surface area (Å²) in [5, 5.41) is 7.50. The van der Waals surface area contributed by atoms with Crippen LogP contribution >= 0.6 is 0 Å². The van der Waals surface area contributed by atoms with E-state index >= 15 is 0 Å². The van der Waals surface area contributed by atoms with Gasteiger partial charge in [0.05, 0.1) is 26.1 Å². The number of fused-ring (bicyclic) bond motifs is 1. The van der Waals surface area contributed by atoms with Gasteiger partial charge in [-0.05, 0) is 54.1 Å². The van der Waals surface area contributed by atoms with Gasteiger partial charge in [0.15, 0.2) is 11.5 Å². The van der Waals surface area contributed by atoms with Gasteiger partial charge in [0.2, 0.25) is 0 Å². The minimum absolute atomic E-state index is 0.153. The summed E-state index contributed by atoms with van der Waals surface area (Å²) in [5.74, 6) is 0.976. The van der Waals surface area contributed by atoms with Crippen LogP contribution in [0.2, 0.25) is 0 Å². The fourth-order valence-electron chi connectivity index (χ4n) is 4.56. The maximum Gasteiger partial charge on any atom is 0.251 e. The van der Waals surface area contributed by atoms with E-state index in [9.17, 15) is 4.79 Å². The molecule has 0 fully saturated rings. The number of hydrogen-bond acceptors (Lipinski definition) is 5. The molecule has 0 aliphatic carbocycles. The number of para-hydroxylation sites is 2. The predicted molar refractivity (Wildman–Crippen MR) is 146 cm³/mol. The molecular formula is C30H28N4O3. The lowest BCUT2D eigenvalue weighted by Crippen LogP contribution is -2.29. The smallest absolute Gasteiger partial charge is 0.251 e. The third-order valence-electron chi connectivity index (χ3n) is 6.37. The standard InChI is InChI=1S/C30H28N4O3/c1-36-28-11-5-9-24(29(28)37-2)26(25-18-32-27-10-4-3-8-23(25)27)19-33-30(35)20-12-14-21(15-13-20)34-22-7-6-16-31-17-22/h3-18,26,32,34H,19H2,1-2H3,(H,33,35). The molecule has 7 nitrogen and oxygen atoms in total. The molecule has 1 amide bonds. The first-order chi connectivity index (χ1) is 18.2. The normalized spacial score (nSPS) is 11.6. The van der Waals surface area contributed by atoms with Gasteiger partial charge in [-0.2, -0.15) is 0 Å². The van der Waals surface area contributed by atoms with Gasteiger partial charge in [-0.3, -0.25) is 9.78 Å². The van der Waals surface area contributed by atoms with E-state index in [2.05, 4.69) is 26.7 Å². The molecule has 1 atom stereocenters. The van der Waals surface area contributed by atoms with Gasteiger partial charge in [-0.15, -0.1) is 0 Å². The van der Waals surface area contributed by atoms with Crippen LogP contribution in [0.1, 0.15) is 27.4 Å². The Bertz CT molecular complexity index is 1500. The highest BCUT2D eigenvalue weighted by Gasteiger charge is 2.24. The van der Waals surface area contributed by atoms with Crippen LogP contribution < -0.4 is 20.1 Å². The molecule has 2 heterocycles. The third kappa shape index (κ3) is 5.11. The lowest BCUT2D eigenvalue weighted by Gasteiger charge is -2.22. The topological polar surface area (TPSA) is 88.3 Å². The summed E-state index contributed by atoms with van der Waals surface area (Å²) in [6.07, 6.45) is 5.47. The molecule has 0 spiro atoms. The predicted octanol–water partition coefficient (Wildman–Crippen LogP) is 5.89. The van der Waals surface area contributed by atoms with Crippen LogP contribution in [0, 0.1) is 0 Å². The number of methoxy groups -OCH3 is 2. The molecule has 0 radical (unpaired) electrons. The van der Waals surface area contributed by atoms with E-state index in [0.29, 0.717) is 23.6 Å². The summed E-state index contributed by atoms with van der Waals surface area (Å²) >= 11 is 0. The molecule has 5 aromatic rings. The fourth-order valence-corrected chi connectivity index (χ4v) is 4.56. The van der Waals surface area contributed by atoms with E-state index in [1.165, 1.54) is 0 Å². The van der Waals surface area contributed by atoms with Crippen molar-refractivity contribution in [2.75, 3.05) is 26.1 Å². The molecule has 37 heavy (non-hydrogen) atoms. The number of pyridine rings is 1. The SMILES string of the molecule is COc1cccc(C(CNC(=O)c2ccc(Nc3cccnc3)cc2)c2c[nH]c3ccccc23)c1OC. The van der Waals surface area contributed by atoms with Crippen LogP contribution in [-0.2, 0) is 0 Å². The number of H-pyrrole nitrogens is 1. The Balaban J connectivity index is 1.40. The first-order valence-electron chi connectivity index (χ1n) is 12.0. The number of carbonyl (C=O) groups excluding carboxylic acids is 1. The Kier molecular flexibility index (Phi) is 7.03. The van der Waals surface area contributed by atoms with Crippen molar-refractivity contribution in [3.05, 3.63) is 114 Å². The molecule has 2 aromatic heterocycles. The van der Waals surface area contributed by atoms with Crippen LogP contribution in [0.25, 0.3) is 10.9 Å². The molecule has 7 heteroatoms.